The molecule has 0 saturated carbocycles. The Morgan fingerprint density at radius 1 is 0.604 bits per heavy atom. The summed E-state index contributed by atoms with van der Waals surface area (Å²) in [5, 5.41) is 101. The molecule has 2 aliphatic rings. The quantitative estimate of drug-likeness (QED) is 0.0205. The second kappa shape index (κ2) is 42.8. The predicted molar refractivity (Wildman–Crippen MR) is 357 cm³/mol. The Morgan fingerprint density at radius 2 is 1.12 bits per heavy atom. The SMILES string of the molecule is C[C@@H](O)[C@H](NC(=O)[C@@H]1CSSC[C@H](NC(=O)[C@@H](Cc2ccccc2)NC(=O)CN2CCN(CC(=O)[O-])CCN(CC(=O)[O-])CCN(CC(=O)[O-])CC2)C(=O)N[C@H](Cc2ccc(O)cc2)C(=O)N[C@H](Cc2c[nH]c3ccccc23)C(=O)N[C@@H](CCCCN)C(=O)N[C@@H]([C@@H](C)O)C(=O)N1)C(=O)[O-].[225Ac].[H+]. The van der Waals surface area contributed by atoms with E-state index in [2.05, 4.69) is 47.5 Å². The normalized spacial score (nSPS) is 21.7. The van der Waals surface area contributed by atoms with Crippen LogP contribution in [0.15, 0.2) is 85.1 Å². The maximum absolute atomic E-state index is 15.3. The third-order valence-electron chi connectivity index (χ3n) is 16.5. The average Bonchev–Trinajstić information content (AvgIpc) is 1.60. The van der Waals surface area contributed by atoms with Crippen molar-refractivity contribution in [2.24, 2.45) is 5.73 Å². The van der Waals surface area contributed by atoms with Gasteiger partial charge in [0.05, 0.1) is 48.7 Å². The molecule has 1 aromatic heterocycles. The van der Waals surface area contributed by atoms with Crippen LogP contribution in [0, 0.1) is 44.1 Å². The number of fused-ring (bicyclic) bond motifs is 1. The molecule has 10 atom stereocenters. The average molecular weight is 1660 g/mol. The number of carbonyl (C=O) groups is 12. The van der Waals surface area contributed by atoms with Gasteiger partial charge in [0, 0.05) is 164 Å². The molecule has 0 spiro atoms. The number of aromatic nitrogens is 1. The molecule has 549 valence electrons. The number of phenols is 1. The van der Waals surface area contributed by atoms with Crippen LogP contribution in [-0.2, 0) is 76.8 Å². The smallest absolute Gasteiger partial charge is 0.549 e. The molecular weight excluding hydrogens is 1570 g/mol. The number of aliphatic hydroxyl groups is 2. The minimum Gasteiger partial charge on any atom is -0.549 e. The Morgan fingerprint density at radius 3 is 1.66 bits per heavy atom. The van der Waals surface area contributed by atoms with Gasteiger partial charge in [0.25, 0.3) is 0 Å². The summed E-state index contributed by atoms with van der Waals surface area (Å²) in [6.07, 6.45) is -2.09. The minimum absolute atomic E-state index is 0. The van der Waals surface area contributed by atoms with Crippen LogP contribution in [0.5, 0.6) is 5.75 Å². The summed E-state index contributed by atoms with van der Waals surface area (Å²) in [7, 11) is 1.61. The van der Waals surface area contributed by atoms with Gasteiger partial charge in [0.2, 0.25) is 47.3 Å². The molecule has 2 fully saturated rings. The first kappa shape index (κ1) is 84.2. The summed E-state index contributed by atoms with van der Waals surface area (Å²) in [6, 6.07) is 7.52. The van der Waals surface area contributed by atoms with Crippen LogP contribution in [0.25, 0.3) is 10.9 Å². The number of amides is 8. The van der Waals surface area contributed by atoms with Gasteiger partial charge in [-0.15, -0.1) is 0 Å². The largest absolute Gasteiger partial charge is 1.00 e. The number of unbranched alkanes of at least 4 members (excludes halogenated alkanes) is 1. The first-order valence-electron chi connectivity index (χ1n) is 32.5. The maximum Gasteiger partial charge on any atom is 1.00 e. The first-order chi connectivity index (χ1) is 47.7. The Kier molecular flexibility index (Phi) is 35.7. The van der Waals surface area contributed by atoms with Crippen molar-refractivity contribution in [2.75, 3.05) is 96.6 Å². The number of hydrogen-bond donors (Lipinski definition) is 13. The maximum atomic E-state index is 15.3. The van der Waals surface area contributed by atoms with Crippen molar-refractivity contribution in [1.82, 2.24) is 67.1 Å². The van der Waals surface area contributed by atoms with E-state index in [0.717, 1.165) is 35.4 Å². The fourth-order valence-electron chi connectivity index (χ4n) is 11.1. The van der Waals surface area contributed by atoms with Crippen LogP contribution >= 0.6 is 21.6 Å². The number of aliphatic hydroxyl groups excluding tert-OH is 2. The number of rotatable bonds is 26. The van der Waals surface area contributed by atoms with Gasteiger partial charge in [0.15, 0.2) is 0 Å². The number of aromatic amines is 1. The van der Waals surface area contributed by atoms with Crippen LogP contribution in [0.4, 0.5) is 0 Å². The van der Waals surface area contributed by atoms with E-state index in [9.17, 15) is 78.9 Å². The number of aliphatic carboxylic acids is 4. The summed E-state index contributed by atoms with van der Waals surface area (Å²) in [5.41, 5.74) is 7.91. The molecule has 0 aliphatic carbocycles. The molecule has 2 saturated heterocycles. The van der Waals surface area contributed by atoms with Crippen molar-refractivity contribution in [3.8, 4) is 5.75 Å². The van der Waals surface area contributed by atoms with Gasteiger partial charge in [0.1, 0.15) is 48.0 Å². The zero-order valence-corrected chi connectivity index (χ0v) is 62.2. The Labute approximate surface area is 627 Å². The van der Waals surface area contributed by atoms with Gasteiger partial charge in [-0.2, -0.15) is 0 Å². The standard InChI is InChI=1S/C65H90N14O19S2.Ac/c1-38(80)56-64(96)73-51(63(95)75-57(39(2)81)65(97)98)37-100-99-36-50(72-59(91)47(28-40-10-4-3-5-11-40)68-52(83)32-76-20-22-77(33-53(84)85)24-26-79(35-55(88)89)27-25-78(23-21-76)34-54(86)87)62(94)70-48(29-41-15-17-43(82)18-16-41)60(92)71-49(30-42-31-67-45-13-7-6-12-44(42)45)61(93)69-46(58(90)74-56)14-8-9-19-66;/h3-7,10-13,15-18,31,38-39,46-51,56-57,67,80-82H,8-9,14,19-30,32-37,66H2,1-2H3,(H,68,83)(H,69,93)(H,70,94)(H,71,92)(H,72,91)(H,73,96)(H,74,90)(H,75,95)(H,84,85)(H,86,87)(H,88,89)(H,97,98);/p-3/t38-,39-,46+,47-,48-,49-,50+,51+,56+,57+;/m1./s1/i;1-2. The number of benzene rings is 3. The molecule has 2 aliphatic heterocycles. The molecule has 3 heterocycles. The topological polar surface area (TPSA) is 509 Å². The van der Waals surface area contributed by atoms with Crippen molar-refractivity contribution >= 4 is 104 Å². The number of para-hydroxylation sites is 1. The van der Waals surface area contributed by atoms with Gasteiger partial charge in [-0.25, -0.2) is 0 Å². The number of phenolic OH excluding ortho intramolecular Hbond substituents is 1. The number of aromatic hydroxyl groups is 1. The van der Waals surface area contributed by atoms with Gasteiger partial charge in [-0.3, -0.25) is 58.0 Å². The number of hydrogen-bond acceptors (Lipinski definition) is 26. The van der Waals surface area contributed by atoms with E-state index < -0.39 is 169 Å². The zero-order valence-electron chi connectivity index (χ0n) is 56.8. The second-order valence-corrected chi connectivity index (χ2v) is 26.9. The molecule has 3 aromatic carbocycles. The predicted octanol–water partition coefficient (Wildman–Crippen LogP) is -8.60. The van der Waals surface area contributed by atoms with Gasteiger partial charge < -0.3 is 108 Å². The van der Waals surface area contributed by atoms with E-state index in [4.69, 9.17) is 5.73 Å². The summed E-state index contributed by atoms with van der Waals surface area (Å²) in [5.74, 6) is -15.3. The number of carboxylic acid groups (broad SMARTS) is 4. The summed E-state index contributed by atoms with van der Waals surface area (Å²) in [6.45, 7) is 0.262. The number of nitrogens with zero attached hydrogens (tertiary/aromatic N) is 4. The molecule has 6 rings (SSSR count). The van der Waals surface area contributed by atoms with E-state index in [0.29, 0.717) is 34.0 Å². The van der Waals surface area contributed by atoms with E-state index >= 15 is 14.4 Å². The van der Waals surface area contributed by atoms with Crippen LogP contribution in [0.3, 0.4) is 0 Å². The fourth-order valence-corrected chi connectivity index (χ4v) is 13.4. The van der Waals surface area contributed by atoms with Crippen molar-refractivity contribution in [3.05, 3.63) is 102 Å². The molecule has 14 N–H and O–H groups in total. The number of carbonyl (C=O) groups excluding carboxylic acids is 12. The summed E-state index contributed by atoms with van der Waals surface area (Å²) in [4.78, 5) is 175. The Balaban J connectivity index is 0.0000110. The number of H-pyrrole nitrogens is 1. The third kappa shape index (κ3) is 28.7. The molecule has 4 aromatic rings. The molecule has 0 bridgehead atoms. The van der Waals surface area contributed by atoms with Crippen LogP contribution in [0.1, 0.15) is 51.2 Å². The monoisotopic (exact) mass is 1660 g/mol. The molecule has 101 heavy (non-hydrogen) atoms. The molecule has 1 radical (unpaired) electrons. The number of nitrogens with one attached hydrogen (secondary N) is 9. The van der Waals surface area contributed by atoms with Crippen molar-refractivity contribution < 1.29 is 139 Å². The number of carboxylic acids is 4. The van der Waals surface area contributed by atoms with Gasteiger partial charge >= 0.3 is 1.43 Å². The fraction of sp³-hybridized carbons (Fsp3) is 0.508. The van der Waals surface area contributed by atoms with E-state index in [1.54, 1.807) is 65.7 Å². The van der Waals surface area contributed by atoms with Crippen LogP contribution in [-0.4, -0.2) is 268 Å². The molecule has 8 amide bonds. The molecular formula is C65H87AcN14O19S2-3. The summed E-state index contributed by atoms with van der Waals surface area (Å²) >= 11 is 0. The minimum atomic E-state index is -2.03. The third-order valence-corrected chi connectivity index (χ3v) is 18.9. The molecule has 33 nitrogen and oxygen atoms in total. The summed E-state index contributed by atoms with van der Waals surface area (Å²) < 4.78 is 0. The molecule has 0 unspecified atom stereocenters. The van der Waals surface area contributed by atoms with Crippen molar-refractivity contribution in [2.45, 2.75) is 113 Å². The van der Waals surface area contributed by atoms with Gasteiger partial charge in [-0.1, -0.05) is 82.3 Å². The van der Waals surface area contributed by atoms with Crippen LogP contribution < -0.4 is 68.7 Å². The van der Waals surface area contributed by atoms with Crippen LogP contribution in [0.2, 0.25) is 0 Å². The second-order valence-electron chi connectivity index (χ2n) is 24.4. The van der Waals surface area contributed by atoms with Crippen molar-refractivity contribution in [3.63, 3.8) is 0 Å². The Bertz CT molecular complexity index is 3430. The first-order valence-corrected chi connectivity index (χ1v) is 34.9. The van der Waals surface area contributed by atoms with E-state index in [-0.39, 0.29) is 142 Å². The molecule has 36 heteroatoms. The Hall–Kier alpha value is -7.50. The number of nitrogens with two attached hydrogens (primary N) is 1. The zero-order chi connectivity index (χ0) is 73.0. The van der Waals surface area contributed by atoms with Crippen molar-refractivity contribution in [1.29, 1.82) is 0 Å². The van der Waals surface area contributed by atoms with E-state index in [1.165, 1.54) is 39.0 Å². The van der Waals surface area contributed by atoms with Gasteiger partial charge in [-0.05, 0) is 74.5 Å². The van der Waals surface area contributed by atoms with E-state index in [1.807, 2.05) is 0 Å².